The molecule has 0 aliphatic heterocycles. The maximum Gasteiger partial charge on any atom is 0.256 e. The molecule has 0 atom stereocenters. The van der Waals surface area contributed by atoms with Gasteiger partial charge in [0.25, 0.3) is 5.91 Å². The van der Waals surface area contributed by atoms with Gasteiger partial charge in [-0.1, -0.05) is 17.7 Å². The highest BCUT2D eigenvalue weighted by molar-refractivity contribution is 14.1. The Hall–Kier alpha value is -1.47. The molecule has 0 fully saturated rings. The van der Waals surface area contributed by atoms with Crippen molar-refractivity contribution in [3.63, 3.8) is 0 Å². The second-order valence-corrected chi connectivity index (χ2v) is 6.19. The van der Waals surface area contributed by atoms with E-state index in [4.69, 9.17) is 21.1 Å². The van der Waals surface area contributed by atoms with Gasteiger partial charge in [0.2, 0.25) is 0 Å². The van der Waals surface area contributed by atoms with Gasteiger partial charge in [0.05, 0.1) is 30.5 Å². The van der Waals surface area contributed by atoms with E-state index >= 15 is 0 Å². The van der Waals surface area contributed by atoms with Gasteiger partial charge in [0.1, 0.15) is 0 Å². The molecule has 1 amide bonds. The van der Waals surface area contributed by atoms with E-state index in [1.54, 1.807) is 31.4 Å². The third-order valence-electron chi connectivity index (χ3n) is 3.09. The molecule has 2 rings (SSSR count). The fourth-order valence-corrected chi connectivity index (χ4v) is 2.91. The molecule has 0 aliphatic rings. The molecule has 0 heterocycles. The highest BCUT2D eigenvalue weighted by atomic mass is 127. The first-order valence-corrected chi connectivity index (χ1v) is 7.91. The molecule has 0 radical (unpaired) electrons. The zero-order chi connectivity index (χ0) is 16.3. The lowest BCUT2D eigenvalue weighted by Crippen LogP contribution is -2.14. The Morgan fingerprint density at radius 1 is 1.14 bits per heavy atom. The van der Waals surface area contributed by atoms with E-state index in [0.29, 0.717) is 27.8 Å². The highest BCUT2D eigenvalue weighted by Gasteiger charge is 2.16. The largest absolute Gasteiger partial charge is 0.493 e. The van der Waals surface area contributed by atoms with Crippen molar-refractivity contribution in [2.24, 2.45) is 0 Å². The fraction of sp³-hybridized carbons (Fsp3) is 0.188. The zero-order valence-electron chi connectivity index (χ0n) is 12.4. The van der Waals surface area contributed by atoms with Gasteiger partial charge >= 0.3 is 0 Å². The predicted molar refractivity (Wildman–Crippen MR) is 96.4 cm³/mol. The van der Waals surface area contributed by atoms with Crippen LogP contribution < -0.4 is 14.8 Å². The molecule has 116 valence electrons. The standard InChI is InChI=1S/C16H15ClINO3/c1-9-4-5-13(11(17)6-9)19-16(20)10-7-14(21-2)15(22-3)8-12(10)18/h4-8H,1-3H3,(H,19,20). The molecule has 1 N–H and O–H groups in total. The molecule has 4 nitrogen and oxygen atoms in total. The molecule has 0 aliphatic carbocycles. The summed E-state index contributed by atoms with van der Waals surface area (Å²) in [7, 11) is 3.09. The summed E-state index contributed by atoms with van der Waals surface area (Å²) in [5, 5.41) is 3.31. The van der Waals surface area contributed by atoms with Crippen molar-refractivity contribution in [2.75, 3.05) is 19.5 Å². The van der Waals surface area contributed by atoms with Crippen LogP contribution in [-0.4, -0.2) is 20.1 Å². The van der Waals surface area contributed by atoms with Crippen molar-refractivity contribution in [3.8, 4) is 11.5 Å². The topological polar surface area (TPSA) is 47.6 Å². The molecule has 0 aromatic heterocycles. The molecule has 6 heteroatoms. The maximum absolute atomic E-state index is 12.5. The van der Waals surface area contributed by atoms with E-state index in [1.165, 1.54) is 7.11 Å². The summed E-state index contributed by atoms with van der Waals surface area (Å²) in [5.41, 5.74) is 2.10. The average molecular weight is 432 g/mol. The lowest BCUT2D eigenvalue weighted by molar-refractivity contribution is 0.102. The predicted octanol–water partition coefficient (Wildman–Crippen LogP) is 4.52. The second-order valence-electron chi connectivity index (χ2n) is 4.62. The molecular formula is C16H15ClINO3. The Morgan fingerprint density at radius 3 is 2.36 bits per heavy atom. The lowest BCUT2D eigenvalue weighted by Gasteiger charge is -2.13. The Kier molecular flexibility index (Phi) is 5.52. The Labute approximate surface area is 147 Å². The number of anilines is 1. The van der Waals surface area contributed by atoms with Crippen LogP contribution in [0.4, 0.5) is 5.69 Å². The number of amides is 1. The first kappa shape index (κ1) is 16.9. The summed E-state index contributed by atoms with van der Waals surface area (Å²) in [6, 6.07) is 8.88. The van der Waals surface area contributed by atoms with E-state index in [1.807, 2.05) is 13.0 Å². The van der Waals surface area contributed by atoms with Crippen molar-refractivity contribution in [1.29, 1.82) is 0 Å². The van der Waals surface area contributed by atoms with Gasteiger partial charge in [0, 0.05) is 3.57 Å². The number of methoxy groups -OCH3 is 2. The minimum absolute atomic E-state index is 0.254. The van der Waals surface area contributed by atoms with Crippen molar-refractivity contribution in [2.45, 2.75) is 6.92 Å². The molecule has 0 spiro atoms. The van der Waals surface area contributed by atoms with Crippen molar-refractivity contribution >= 4 is 45.8 Å². The van der Waals surface area contributed by atoms with E-state index in [0.717, 1.165) is 9.13 Å². The Bertz CT molecular complexity index is 719. The summed E-state index contributed by atoms with van der Waals surface area (Å²) < 4.78 is 11.2. The lowest BCUT2D eigenvalue weighted by atomic mass is 10.1. The number of benzene rings is 2. The van der Waals surface area contributed by atoms with Crippen molar-refractivity contribution in [1.82, 2.24) is 0 Å². The summed E-state index contributed by atoms with van der Waals surface area (Å²) in [6.45, 7) is 1.94. The van der Waals surface area contributed by atoms with Gasteiger partial charge in [-0.25, -0.2) is 0 Å². The van der Waals surface area contributed by atoms with E-state index in [9.17, 15) is 4.79 Å². The van der Waals surface area contributed by atoms with E-state index in [-0.39, 0.29) is 5.91 Å². The number of ether oxygens (including phenoxy) is 2. The third kappa shape index (κ3) is 3.64. The van der Waals surface area contributed by atoms with Gasteiger partial charge < -0.3 is 14.8 Å². The highest BCUT2D eigenvalue weighted by Crippen LogP contribution is 2.32. The molecule has 0 unspecified atom stereocenters. The number of carbonyl (C=O) groups excluding carboxylic acids is 1. The van der Waals surface area contributed by atoms with Crippen LogP contribution in [0.5, 0.6) is 11.5 Å². The molecule has 22 heavy (non-hydrogen) atoms. The SMILES string of the molecule is COc1cc(I)c(C(=O)Nc2ccc(C)cc2Cl)cc1OC. The number of rotatable bonds is 4. The fourth-order valence-electron chi connectivity index (χ4n) is 1.94. The van der Waals surface area contributed by atoms with Crippen LogP contribution in [0.2, 0.25) is 5.02 Å². The van der Waals surface area contributed by atoms with Gasteiger partial charge in [-0.15, -0.1) is 0 Å². The normalized spacial score (nSPS) is 10.2. The molecular weight excluding hydrogens is 417 g/mol. The molecule has 0 bridgehead atoms. The van der Waals surface area contributed by atoms with Gasteiger partial charge in [0.15, 0.2) is 11.5 Å². The van der Waals surface area contributed by atoms with E-state index in [2.05, 4.69) is 27.9 Å². The number of hydrogen-bond acceptors (Lipinski definition) is 3. The number of halogens is 2. The van der Waals surface area contributed by atoms with Crippen molar-refractivity contribution < 1.29 is 14.3 Å². The number of nitrogens with one attached hydrogen (secondary N) is 1. The van der Waals surface area contributed by atoms with Crippen LogP contribution >= 0.6 is 34.2 Å². The third-order valence-corrected chi connectivity index (χ3v) is 4.30. The minimum atomic E-state index is -0.254. The quantitative estimate of drug-likeness (QED) is 0.724. The van der Waals surface area contributed by atoms with Gasteiger partial charge in [-0.2, -0.15) is 0 Å². The summed E-state index contributed by atoms with van der Waals surface area (Å²) in [5.74, 6) is 0.830. The summed E-state index contributed by atoms with van der Waals surface area (Å²) in [6.07, 6.45) is 0. The molecule has 2 aromatic carbocycles. The Balaban J connectivity index is 2.33. The number of carbonyl (C=O) groups is 1. The smallest absolute Gasteiger partial charge is 0.256 e. The zero-order valence-corrected chi connectivity index (χ0v) is 15.3. The van der Waals surface area contributed by atoms with Gasteiger partial charge in [-0.05, 0) is 59.3 Å². The monoisotopic (exact) mass is 431 g/mol. The first-order valence-electron chi connectivity index (χ1n) is 6.45. The Morgan fingerprint density at radius 2 is 1.77 bits per heavy atom. The summed E-state index contributed by atoms with van der Waals surface area (Å²) in [4.78, 5) is 12.5. The van der Waals surface area contributed by atoms with Gasteiger partial charge in [-0.3, -0.25) is 4.79 Å². The van der Waals surface area contributed by atoms with Crippen LogP contribution in [0.3, 0.4) is 0 Å². The number of hydrogen-bond donors (Lipinski definition) is 1. The molecule has 2 aromatic rings. The van der Waals surface area contributed by atoms with Crippen LogP contribution in [-0.2, 0) is 0 Å². The van der Waals surface area contributed by atoms with Crippen LogP contribution in [0.1, 0.15) is 15.9 Å². The molecule has 0 saturated heterocycles. The first-order chi connectivity index (χ1) is 10.5. The van der Waals surface area contributed by atoms with E-state index < -0.39 is 0 Å². The molecule has 0 saturated carbocycles. The van der Waals surface area contributed by atoms with Crippen molar-refractivity contribution in [3.05, 3.63) is 50.1 Å². The minimum Gasteiger partial charge on any atom is -0.493 e. The van der Waals surface area contributed by atoms with Crippen LogP contribution in [0.25, 0.3) is 0 Å². The second kappa shape index (κ2) is 7.19. The van der Waals surface area contributed by atoms with Crippen LogP contribution in [0.15, 0.2) is 30.3 Å². The summed E-state index contributed by atoms with van der Waals surface area (Å²) >= 11 is 8.23. The average Bonchev–Trinajstić information content (AvgIpc) is 2.49. The maximum atomic E-state index is 12.5. The van der Waals surface area contributed by atoms with Crippen LogP contribution in [0, 0.1) is 10.5 Å². The number of aryl methyl sites for hydroxylation is 1.